The number of piperidine rings is 1. The van der Waals surface area contributed by atoms with Gasteiger partial charge in [0.1, 0.15) is 5.75 Å². The fourth-order valence-corrected chi connectivity index (χ4v) is 4.92. The highest BCUT2D eigenvalue weighted by Crippen LogP contribution is 2.57. The molecule has 4 rings (SSSR count). The normalized spacial score (nSPS) is 26.8. The molecule has 2 aliphatic rings. The number of amides is 1. The van der Waals surface area contributed by atoms with E-state index in [1.54, 1.807) is 6.07 Å². The first-order valence-corrected chi connectivity index (χ1v) is 9.03. The first-order chi connectivity index (χ1) is 11.9. The van der Waals surface area contributed by atoms with E-state index in [9.17, 15) is 9.90 Å². The highest BCUT2D eigenvalue weighted by molar-refractivity contribution is 5.94. The van der Waals surface area contributed by atoms with Gasteiger partial charge in [0.15, 0.2) is 0 Å². The second kappa shape index (κ2) is 5.35. The van der Waals surface area contributed by atoms with E-state index in [0.29, 0.717) is 12.2 Å². The minimum Gasteiger partial charge on any atom is -0.508 e. The van der Waals surface area contributed by atoms with Crippen LogP contribution in [0, 0.1) is 5.41 Å². The number of hydrogen-bond acceptors (Lipinski definition) is 2. The van der Waals surface area contributed by atoms with E-state index in [0.717, 1.165) is 24.1 Å². The molecular weight excluding hydrogens is 310 g/mol. The summed E-state index contributed by atoms with van der Waals surface area (Å²) in [5, 5.41) is 10.4. The summed E-state index contributed by atoms with van der Waals surface area (Å²) < 4.78 is 0. The van der Waals surface area contributed by atoms with Crippen molar-refractivity contribution in [3.63, 3.8) is 0 Å². The lowest BCUT2D eigenvalue weighted by molar-refractivity contribution is -0.0266. The van der Waals surface area contributed by atoms with Gasteiger partial charge < -0.3 is 10.0 Å². The maximum Gasteiger partial charge on any atom is 0.254 e. The van der Waals surface area contributed by atoms with Gasteiger partial charge in [0.2, 0.25) is 0 Å². The number of benzene rings is 2. The van der Waals surface area contributed by atoms with Gasteiger partial charge in [-0.15, -0.1) is 0 Å². The molecule has 0 radical (unpaired) electrons. The van der Waals surface area contributed by atoms with E-state index >= 15 is 0 Å². The Labute approximate surface area is 149 Å². The molecule has 25 heavy (non-hydrogen) atoms. The Kier molecular flexibility index (Phi) is 3.47. The molecule has 2 atom stereocenters. The van der Waals surface area contributed by atoms with Crippen LogP contribution in [0.15, 0.2) is 48.5 Å². The number of aromatic hydroxyl groups is 1. The van der Waals surface area contributed by atoms with Crippen LogP contribution in [-0.4, -0.2) is 28.5 Å². The Morgan fingerprint density at radius 2 is 1.80 bits per heavy atom. The van der Waals surface area contributed by atoms with Crippen molar-refractivity contribution in [3.8, 4) is 5.75 Å². The number of fused-ring (bicyclic) bond motifs is 4. The molecular formula is C22H25NO2. The summed E-state index contributed by atoms with van der Waals surface area (Å²) in [5.74, 6) is 0.456. The summed E-state index contributed by atoms with van der Waals surface area (Å²) in [6, 6.07) is 15.5. The van der Waals surface area contributed by atoms with Crippen molar-refractivity contribution >= 4 is 5.91 Å². The lowest BCUT2D eigenvalue weighted by Gasteiger charge is -2.60. The zero-order chi connectivity index (χ0) is 17.8. The third-order valence-corrected chi connectivity index (χ3v) is 6.91. The van der Waals surface area contributed by atoms with E-state index in [1.807, 2.05) is 41.3 Å². The highest BCUT2D eigenvalue weighted by Gasteiger charge is 2.57. The molecule has 1 aliphatic carbocycles. The quantitative estimate of drug-likeness (QED) is 0.850. The monoisotopic (exact) mass is 335 g/mol. The maximum absolute atomic E-state index is 13.2. The number of likely N-dealkylation sites (tertiary alicyclic amines) is 1. The van der Waals surface area contributed by atoms with Gasteiger partial charge in [0, 0.05) is 23.6 Å². The molecule has 0 saturated carbocycles. The molecule has 3 heteroatoms. The molecule has 1 N–H and O–H groups in total. The molecule has 1 aliphatic heterocycles. The first kappa shape index (κ1) is 16.2. The summed E-state index contributed by atoms with van der Waals surface area (Å²) >= 11 is 0. The number of carbonyl (C=O) groups excluding carboxylic acids is 1. The summed E-state index contributed by atoms with van der Waals surface area (Å²) in [5.41, 5.74) is 2.90. The van der Waals surface area contributed by atoms with E-state index < -0.39 is 0 Å². The fraction of sp³-hybridized carbons (Fsp3) is 0.409. The van der Waals surface area contributed by atoms with Crippen molar-refractivity contribution in [1.82, 2.24) is 4.90 Å². The molecule has 130 valence electrons. The van der Waals surface area contributed by atoms with Gasteiger partial charge in [0.25, 0.3) is 5.91 Å². The number of rotatable bonds is 1. The third-order valence-electron chi connectivity index (χ3n) is 6.91. The van der Waals surface area contributed by atoms with E-state index in [1.165, 1.54) is 5.56 Å². The van der Waals surface area contributed by atoms with E-state index in [-0.39, 0.29) is 22.8 Å². The van der Waals surface area contributed by atoms with Crippen LogP contribution in [0.2, 0.25) is 0 Å². The van der Waals surface area contributed by atoms with Gasteiger partial charge in [-0.2, -0.15) is 0 Å². The van der Waals surface area contributed by atoms with Crippen molar-refractivity contribution in [2.75, 3.05) is 6.54 Å². The second-order valence-corrected chi connectivity index (χ2v) is 8.19. The summed E-state index contributed by atoms with van der Waals surface area (Å²) in [6.07, 6.45) is 1.62. The summed E-state index contributed by atoms with van der Waals surface area (Å²) in [4.78, 5) is 15.2. The standard InChI is InChI=1S/C22H25NO2/c1-21(2)19-14-16-17(10-7-11-18(16)24)22(21,3)12-13-23(19)20(25)15-8-5-4-6-9-15/h4-11,19,24H,12-14H2,1-3H3/t19-,22?/m1/s1. The number of phenols is 1. The van der Waals surface area contributed by atoms with Crippen molar-refractivity contribution in [2.45, 2.75) is 45.1 Å². The lowest BCUT2D eigenvalue weighted by atomic mass is 9.51. The van der Waals surface area contributed by atoms with Crippen LogP contribution in [0.25, 0.3) is 0 Å². The zero-order valence-electron chi connectivity index (χ0n) is 15.1. The fourth-order valence-electron chi connectivity index (χ4n) is 4.92. The van der Waals surface area contributed by atoms with Crippen LogP contribution in [0.4, 0.5) is 0 Å². The zero-order valence-corrected chi connectivity index (χ0v) is 15.1. The van der Waals surface area contributed by atoms with Gasteiger partial charge in [-0.25, -0.2) is 0 Å². The smallest absolute Gasteiger partial charge is 0.254 e. The Balaban J connectivity index is 1.81. The first-order valence-electron chi connectivity index (χ1n) is 9.03. The molecule has 1 unspecified atom stereocenters. The molecule has 1 fully saturated rings. The summed E-state index contributed by atoms with van der Waals surface area (Å²) in [6.45, 7) is 7.60. The Morgan fingerprint density at radius 1 is 1.08 bits per heavy atom. The van der Waals surface area contributed by atoms with Gasteiger partial charge in [0.05, 0.1) is 0 Å². The minimum atomic E-state index is -0.0590. The molecule has 0 aromatic heterocycles. The molecule has 2 bridgehead atoms. The predicted octanol–water partition coefficient (Wildman–Crippen LogP) is 4.15. The molecule has 1 heterocycles. The van der Waals surface area contributed by atoms with Crippen molar-refractivity contribution in [1.29, 1.82) is 0 Å². The lowest BCUT2D eigenvalue weighted by Crippen LogP contribution is -2.64. The third kappa shape index (κ3) is 2.14. The topological polar surface area (TPSA) is 40.5 Å². The molecule has 1 saturated heterocycles. The van der Waals surface area contributed by atoms with Gasteiger partial charge in [-0.3, -0.25) is 4.79 Å². The molecule has 3 nitrogen and oxygen atoms in total. The van der Waals surface area contributed by atoms with E-state index in [4.69, 9.17) is 0 Å². The largest absolute Gasteiger partial charge is 0.508 e. The van der Waals surface area contributed by atoms with Crippen LogP contribution in [0.3, 0.4) is 0 Å². The van der Waals surface area contributed by atoms with Gasteiger partial charge >= 0.3 is 0 Å². The van der Waals surface area contributed by atoms with Crippen LogP contribution >= 0.6 is 0 Å². The molecule has 2 aromatic carbocycles. The Bertz CT molecular complexity index is 827. The van der Waals surface area contributed by atoms with Gasteiger partial charge in [-0.05, 0) is 47.6 Å². The number of nitrogens with zero attached hydrogens (tertiary/aromatic N) is 1. The van der Waals surface area contributed by atoms with Gasteiger partial charge in [-0.1, -0.05) is 51.1 Å². The Morgan fingerprint density at radius 3 is 2.52 bits per heavy atom. The minimum absolute atomic E-state index is 0.0442. The van der Waals surface area contributed by atoms with Crippen molar-refractivity contribution < 1.29 is 9.90 Å². The predicted molar refractivity (Wildman–Crippen MR) is 98.8 cm³/mol. The Hall–Kier alpha value is -2.29. The highest BCUT2D eigenvalue weighted by atomic mass is 16.3. The SMILES string of the molecule is CC12CCN(C(=O)c3ccccc3)[C@H](Cc3c(O)cccc31)C2(C)C. The summed E-state index contributed by atoms with van der Waals surface area (Å²) in [7, 11) is 0. The van der Waals surface area contributed by atoms with Crippen LogP contribution in [0.1, 0.15) is 48.7 Å². The average Bonchev–Trinajstić information content (AvgIpc) is 2.59. The maximum atomic E-state index is 13.2. The average molecular weight is 335 g/mol. The second-order valence-electron chi connectivity index (χ2n) is 8.19. The molecule has 1 amide bonds. The number of phenolic OH excluding ortho intramolecular Hbond substituents is 1. The van der Waals surface area contributed by atoms with Crippen LogP contribution in [-0.2, 0) is 11.8 Å². The van der Waals surface area contributed by atoms with Crippen molar-refractivity contribution in [2.24, 2.45) is 5.41 Å². The van der Waals surface area contributed by atoms with Crippen LogP contribution in [0.5, 0.6) is 5.75 Å². The van der Waals surface area contributed by atoms with Crippen LogP contribution < -0.4 is 0 Å². The number of hydrogen-bond donors (Lipinski definition) is 1. The molecule has 2 aromatic rings. The van der Waals surface area contributed by atoms with Crippen molar-refractivity contribution in [3.05, 3.63) is 65.2 Å². The number of carbonyl (C=O) groups is 1. The van der Waals surface area contributed by atoms with E-state index in [2.05, 4.69) is 26.8 Å². The molecule has 0 spiro atoms.